The third kappa shape index (κ3) is 2.33. The van der Waals surface area contributed by atoms with Gasteiger partial charge in [0.25, 0.3) is 5.91 Å². The summed E-state index contributed by atoms with van der Waals surface area (Å²) in [5, 5.41) is 4.33. The van der Waals surface area contributed by atoms with E-state index in [1.807, 2.05) is 54.6 Å². The van der Waals surface area contributed by atoms with Crippen molar-refractivity contribution >= 4 is 17.5 Å². The summed E-state index contributed by atoms with van der Waals surface area (Å²) < 4.78 is 5.26. The Balaban J connectivity index is 1.57. The van der Waals surface area contributed by atoms with Gasteiger partial charge < -0.3 is 4.74 Å². The van der Waals surface area contributed by atoms with Crippen molar-refractivity contribution in [3.8, 4) is 5.75 Å². The lowest BCUT2D eigenvalue weighted by Crippen LogP contribution is -2.44. The van der Waals surface area contributed by atoms with Crippen molar-refractivity contribution < 1.29 is 14.3 Å². The zero-order chi connectivity index (χ0) is 18.5. The number of anilines is 1. The fraction of sp³-hybridized carbons (Fsp3) is 0.333. The lowest BCUT2D eigenvalue weighted by atomic mass is 9.90. The highest BCUT2D eigenvalue weighted by Gasteiger charge is 2.62. The molecule has 3 saturated heterocycles. The zero-order valence-corrected chi connectivity index (χ0v) is 15.1. The average Bonchev–Trinajstić information content (AvgIpc) is 3.35. The van der Waals surface area contributed by atoms with E-state index in [9.17, 15) is 9.59 Å². The van der Waals surface area contributed by atoms with Gasteiger partial charge in [-0.1, -0.05) is 30.3 Å². The molecule has 0 unspecified atom stereocenters. The van der Waals surface area contributed by atoms with Crippen LogP contribution in [-0.4, -0.2) is 48.1 Å². The molecule has 3 heterocycles. The van der Waals surface area contributed by atoms with Crippen LogP contribution in [-0.2, 0) is 9.59 Å². The number of para-hydroxylation sites is 1. The van der Waals surface area contributed by atoms with Crippen LogP contribution in [0.3, 0.4) is 0 Å². The van der Waals surface area contributed by atoms with E-state index in [4.69, 9.17) is 4.74 Å². The molecule has 138 valence electrons. The lowest BCUT2D eigenvalue weighted by Gasteiger charge is -2.29. The van der Waals surface area contributed by atoms with E-state index in [0.717, 1.165) is 30.8 Å². The first-order chi connectivity index (χ1) is 13.2. The van der Waals surface area contributed by atoms with Crippen LogP contribution in [0.2, 0.25) is 0 Å². The molecule has 2 aromatic rings. The minimum absolute atomic E-state index is 0.105. The molecule has 3 aliphatic heterocycles. The van der Waals surface area contributed by atoms with Crippen molar-refractivity contribution in [1.29, 1.82) is 0 Å². The molecule has 3 atom stereocenters. The second kappa shape index (κ2) is 6.18. The summed E-state index contributed by atoms with van der Waals surface area (Å²) in [6.45, 7) is 1.69. The maximum atomic E-state index is 13.4. The summed E-state index contributed by atoms with van der Waals surface area (Å²) in [6.07, 6.45) is 1.00. The smallest absolute Gasteiger partial charge is 0.253 e. The number of fused-ring (bicyclic) bond motifs is 3. The topological polar surface area (TPSA) is 53.1 Å². The summed E-state index contributed by atoms with van der Waals surface area (Å²) in [5.41, 5.74) is 1.70. The van der Waals surface area contributed by atoms with E-state index in [-0.39, 0.29) is 23.8 Å². The third-order valence-corrected chi connectivity index (χ3v) is 5.88. The van der Waals surface area contributed by atoms with Gasteiger partial charge in [0, 0.05) is 13.1 Å². The van der Waals surface area contributed by atoms with Gasteiger partial charge in [-0.25, -0.2) is 14.9 Å². The zero-order valence-electron chi connectivity index (χ0n) is 15.1. The van der Waals surface area contributed by atoms with Gasteiger partial charge in [-0.3, -0.25) is 9.59 Å². The van der Waals surface area contributed by atoms with Crippen molar-refractivity contribution in [1.82, 2.24) is 10.0 Å². The Bertz CT molecular complexity index is 883. The van der Waals surface area contributed by atoms with E-state index < -0.39 is 6.04 Å². The van der Waals surface area contributed by atoms with E-state index in [2.05, 4.69) is 10.0 Å². The number of carbonyl (C=O) groups excluding carboxylic acids is 2. The van der Waals surface area contributed by atoms with Gasteiger partial charge in [-0.05, 0) is 36.2 Å². The Hall–Kier alpha value is -2.70. The molecule has 2 amide bonds. The molecule has 0 saturated carbocycles. The van der Waals surface area contributed by atoms with Gasteiger partial charge >= 0.3 is 0 Å². The summed E-state index contributed by atoms with van der Waals surface area (Å²) in [5.74, 6) is 0.184. The quantitative estimate of drug-likeness (QED) is 0.783. The molecular weight excluding hydrogens is 342 g/mol. The minimum Gasteiger partial charge on any atom is -0.497 e. The average molecular weight is 363 g/mol. The van der Waals surface area contributed by atoms with E-state index in [0.29, 0.717) is 5.69 Å². The molecule has 0 bridgehead atoms. The molecule has 0 spiro atoms. The normalized spacial score (nSPS) is 27.9. The first-order valence-corrected chi connectivity index (χ1v) is 9.31. The first kappa shape index (κ1) is 16.5. The number of hydrogen-bond acceptors (Lipinski definition) is 5. The maximum Gasteiger partial charge on any atom is 0.253 e. The highest BCUT2D eigenvalue weighted by Crippen LogP contribution is 2.48. The second-order valence-electron chi connectivity index (χ2n) is 7.22. The number of benzene rings is 2. The van der Waals surface area contributed by atoms with E-state index in [1.54, 1.807) is 7.11 Å². The Morgan fingerprint density at radius 2 is 1.52 bits per heavy atom. The number of ether oxygens (including phenoxy) is 1. The van der Waals surface area contributed by atoms with Crippen molar-refractivity contribution in [2.45, 2.75) is 18.5 Å². The largest absolute Gasteiger partial charge is 0.497 e. The van der Waals surface area contributed by atoms with Crippen LogP contribution in [0, 0.1) is 5.92 Å². The number of hydrogen-bond donors (Lipinski definition) is 0. The van der Waals surface area contributed by atoms with Gasteiger partial charge in [0.15, 0.2) is 0 Å². The molecule has 5 rings (SSSR count). The van der Waals surface area contributed by atoms with Crippen LogP contribution in [0.1, 0.15) is 18.0 Å². The monoisotopic (exact) mass is 363 g/mol. The molecule has 0 N–H and O–H groups in total. The van der Waals surface area contributed by atoms with Gasteiger partial charge in [0.05, 0.1) is 24.8 Å². The lowest BCUT2D eigenvalue weighted by molar-refractivity contribution is -0.126. The van der Waals surface area contributed by atoms with E-state index in [1.165, 1.54) is 4.90 Å². The van der Waals surface area contributed by atoms with Crippen molar-refractivity contribution in [3.05, 3.63) is 60.2 Å². The Morgan fingerprint density at radius 3 is 2.19 bits per heavy atom. The Kier molecular flexibility index (Phi) is 3.77. The number of rotatable bonds is 3. The maximum absolute atomic E-state index is 13.4. The molecule has 6 nitrogen and oxygen atoms in total. The van der Waals surface area contributed by atoms with Gasteiger partial charge in [0.2, 0.25) is 5.91 Å². The van der Waals surface area contributed by atoms with Gasteiger partial charge in [-0.2, -0.15) is 0 Å². The van der Waals surface area contributed by atoms with Gasteiger partial charge in [0.1, 0.15) is 11.8 Å². The number of hydrazine groups is 1. The number of nitrogens with zero attached hydrogens (tertiary/aromatic N) is 3. The number of methoxy groups -OCH3 is 1. The van der Waals surface area contributed by atoms with Crippen LogP contribution >= 0.6 is 0 Å². The van der Waals surface area contributed by atoms with Crippen LogP contribution in [0.4, 0.5) is 5.69 Å². The fourth-order valence-electron chi connectivity index (χ4n) is 4.75. The SMILES string of the molecule is COc1ccc([C@@H]2[C@@H]3C(=O)N(c4ccccc4)C(=O)[C@@H]3N3CCCN23)cc1. The molecule has 6 heteroatoms. The minimum atomic E-state index is -0.410. The Morgan fingerprint density at radius 1 is 0.852 bits per heavy atom. The number of amides is 2. The van der Waals surface area contributed by atoms with Crippen LogP contribution in [0.25, 0.3) is 0 Å². The number of carbonyl (C=O) groups is 2. The standard InChI is InChI=1S/C21H21N3O3/c1-27-16-10-8-14(9-11-16)18-17-19(23-13-5-12-22(18)23)21(26)24(20(17)25)15-6-3-2-4-7-15/h2-4,6-11,17-19H,5,12-13H2,1H3/t17-,18+,19+/m0/s1. The van der Waals surface area contributed by atoms with Crippen molar-refractivity contribution in [2.75, 3.05) is 25.1 Å². The summed E-state index contributed by atoms with van der Waals surface area (Å²) in [6, 6.07) is 16.6. The fourth-order valence-corrected chi connectivity index (χ4v) is 4.75. The molecule has 0 aromatic heterocycles. The second-order valence-corrected chi connectivity index (χ2v) is 7.22. The third-order valence-electron chi connectivity index (χ3n) is 5.88. The highest BCUT2D eigenvalue weighted by atomic mass is 16.5. The summed E-state index contributed by atoms with van der Waals surface area (Å²) in [4.78, 5) is 28.0. The number of imide groups is 1. The highest BCUT2D eigenvalue weighted by molar-refractivity contribution is 6.24. The van der Waals surface area contributed by atoms with Crippen LogP contribution < -0.4 is 9.64 Å². The predicted molar refractivity (Wildman–Crippen MR) is 100.0 cm³/mol. The molecular formula is C21H21N3O3. The molecule has 2 aromatic carbocycles. The van der Waals surface area contributed by atoms with Crippen LogP contribution in [0.5, 0.6) is 5.75 Å². The predicted octanol–water partition coefficient (Wildman–Crippen LogP) is 2.23. The van der Waals surface area contributed by atoms with Crippen molar-refractivity contribution in [3.63, 3.8) is 0 Å². The van der Waals surface area contributed by atoms with E-state index >= 15 is 0 Å². The van der Waals surface area contributed by atoms with Crippen LogP contribution in [0.15, 0.2) is 54.6 Å². The molecule has 0 aliphatic carbocycles. The molecule has 3 fully saturated rings. The molecule has 27 heavy (non-hydrogen) atoms. The first-order valence-electron chi connectivity index (χ1n) is 9.31. The Labute approximate surface area is 157 Å². The molecule has 3 aliphatic rings. The summed E-state index contributed by atoms with van der Waals surface area (Å²) >= 11 is 0. The summed E-state index contributed by atoms with van der Waals surface area (Å²) in [7, 11) is 1.64. The molecule has 0 radical (unpaired) electrons. The van der Waals surface area contributed by atoms with Crippen molar-refractivity contribution in [2.24, 2.45) is 5.92 Å². The van der Waals surface area contributed by atoms with Gasteiger partial charge in [-0.15, -0.1) is 0 Å².